The van der Waals surface area contributed by atoms with Gasteiger partial charge in [0.1, 0.15) is 0 Å². The maximum atomic E-state index is 11.2. The first-order valence-corrected chi connectivity index (χ1v) is 6.87. The third-order valence-corrected chi connectivity index (χ3v) is 4.10. The predicted octanol–water partition coefficient (Wildman–Crippen LogP) is 0.529. The Hall–Kier alpha value is -0.690. The van der Waals surface area contributed by atoms with Gasteiger partial charge in [0.2, 0.25) is 5.95 Å². The first kappa shape index (κ1) is 10.8. The van der Waals surface area contributed by atoms with Gasteiger partial charge in [0.15, 0.2) is 4.77 Å². The summed E-state index contributed by atoms with van der Waals surface area (Å²) < 4.78 is 13.8. The van der Waals surface area contributed by atoms with Crippen LogP contribution in [0.15, 0.2) is 0 Å². The van der Waals surface area contributed by atoms with Crippen LogP contribution in [-0.4, -0.2) is 43.6 Å². The highest BCUT2D eigenvalue weighted by atomic mass is 32.2. The topological polar surface area (TPSA) is 53.9 Å². The molecular formula is C8H14N4OS2. The summed E-state index contributed by atoms with van der Waals surface area (Å²) >= 11 is 5.12. The van der Waals surface area contributed by atoms with Crippen molar-refractivity contribution in [1.82, 2.24) is 14.8 Å². The van der Waals surface area contributed by atoms with Crippen molar-refractivity contribution in [3.05, 3.63) is 4.77 Å². The van der Waals surface area contributed by atoms with E-state index < -0.39 is 10.8 Å². The van der Waals surface area contributed by atoms with Gasteiger partial charge in [-0.15, -0.1) is 5.10 Å². The monoisotopic (exact) mass is 246 g/mol. The van der Waals surface area contributed by atoms with E-state index in [1.807, 2.05) is 11.5 Å². The van der Waals surface area contributed by atoms with Crippen LogP contribution in [-0.2, 0) is 17.3 Å². The fourth-order valence-corrected chi connectivity index (χ4v) is 2.98. The molecule has 15 heavy (non-hydrogen) atoms. The van der Waals surface area contributed by atoms with E-state index >= 15 is 0 Å². The second-order valence-electron chi connectivity index (χ2n) is 3.41. The van der Waals surface area contributed by atoms with Gasteiger partial charge in [-0.1, -0.05) is 0 Å². The van der Waals surface area contributed by atoms with Gasteiger partial charge in [-0.3, -0.25) is 8.78 Å². The molecular weight excluding hydrogens is 232 g/mol. The molecule has 0 atom stereocenters. The van der Waals surface area contributed by atoms with Crippen molar-refractivity contribution in [1.29, 1.82) is 0 Å². The Labute approximate surface area is 95.9 Å². The Balaban J connectivity index is 2.22. The quantitative estimate of drug-likeness (QED) is 0.773. The molecule has 0 amide bonds. The number of rotatable bonds is 2. The minimum Gasteiger partial charge on any atom is -0.339 e. The number of hydrogen-bond donors (Lipinski definition) is 1. The van der Waals surface area contributed by atoms with E-state index in [0.717, 1.165) is 37.1 Å². The number of nitrogens with zero attached hydrogens (tertiary/aromatic N) is 3. The summed E-state index contributed by atoms with van der Waals surface area (Å²) in [6.45, 7) is 4.44. The molecule has 2 heterocycles. The van der Waals surface area contributed by atoms with Crippen molar-refractivity contribution < 1.29 is 4.21 Å². The molecule has 1 aliphatic heterocycles. The van der Waals surface area contributed by atoms with Crippen molar-refractivity contribution in [3.63, 3.8) is 0 Å². The highest BCUT2D eigenvalue weighted by Crippen LogP contribution is 2.13. The Morgan fingerprint density at radius 3 is 2.80 bits per heavy atom. The summed E-state index contributed by atoms with van der Waals surface area (Å²) in [5, 5.41) is 7.00. The smallest absolute Gasteiger partial charge is 0.225 e. The molecule has 0 spiro atoms. The number of aromatic amines is 1. The molecule has 1 aliphatic rings. The molecule has 5 nitrogen and oxygen atoms in total. The molecule has 1 N–H and O–H groups in total. The van der Waals surface area contributed by atoms with Crippen LogP contribution in [0, 0.1) is 4.77 Å². The summed E-state index contributed by atoms with van der Waals surface area (Å²) in [6.07, 6.45) is 0. The number of aromatic nitrogens is 3. The van der Waals surface area contributed by atoms with Gasteiger partial charge < -0.3 is 4.90 Å². The third-order valence-electron chi connectivity index (χ3n) is 2.51. The van der Waals surface area contributed by atoms with Gasteiger partial charge in [-0.25, -0.2) is 5.10 Å². The summed E-state index contributed by atoms with van der Waals surface area (Å²) in [4.78, 5) is 2.14. The first-order valence-electron chi connectivity index (χ1n) is 4.97. The van der Waals surface area contributed by atoms with Crippen molar-refractivity contribution in [3.8, 4) is 0 Å². The number of nitrogens with one attached hydrogen (secondary N) is 1. The second-order valence-corrected chi connectivity index (χ2v) is 5.49. The van der Waals surface area contributed by atoms with Crippen LogP contribution in [0.1, 0.15) is 6.92 Å². The zero-order valence-corrected chi connectivity index (χ0v) is 10.2. The van der Waals surface area contributed by atoms with Gasteiger partial charge in [0.05, 0.1) is 0 Å². The van der Waals surface area contributed by atoms with Crippen LogP contribution in [0.3, 0.4) is 0 Å². The maximum Gasteiger partial charge on any atom is 0.225 e. The molecule has 0 radical (unpaired) electrons. The fourth-order valence-electron chi connectivity index (χ4n) is 1.67. The van der Waals surface area contributed by atoms with E-state index in [0.29, 0.717) is 4.77 Å². The lowest BCUT2D eigenvalue weighted by molar-refractivity contribution is 0.662. The molecule has 1 aromatic heterocycles. The third kappa shape index (κ3) is 2.12. The normalized spacial score (nSPS) is 18.3. The standard InChI is InChI=1S/C8H14N4OS2/c1-2-12-7(9-10-8(12)14)11-3-5-15(13)6-4-11/h2-6H2,1H3,(H,10,14). The van der Waals surface area contributed by atoms with Crippen LogP contribution in [0.5, 0.6) is 0 Å². The van der Waals surface area contributed by atoms with Gasteiger partial charge in [0.25, 0.3) is 0 Å². The lowest BCUT2D eigenvalue weighted by Crippen LogP contribution is -2.39. The predicted molar refractivity (Wildman–Crippen MR) is 63.2 cm³/mol. The molecule has 0 aliphatic carbocycles. The van der Waals surface area contributed by atoms with Crippen LogP contribution >= 0.6 is 12.2 Å². The van der Waals surface area contributed by atoms with Gasteiger partial charge in [-0.2, -0.15) is 0 Å². The van der Waals surface area contributed by atoms with E-state index in [2.05, 4.69) is 15.1 Å². The molecule has 84 valence electrons. The van der Waals surface area contributed by atoms with Crippen LogP contribution in [0.2, 0.25) is 0 Å². The molecule has 0 saturated carbocycles. The minimum atomic E-state index is -0.651. The number of H-pyrrole nitrogens is 1. The van der Waals surface area contributed by atoms with Crippen molar-refractivity contribution in [2.45, 2.75) is 13.5 Å². The Morgan fingerprint density at radius 2 is 2.20 bits per heavy atom. The van der Waals surface area contributed by atoms with Crippen LogP contribution in [0.25, 0.3) is 0 Å². The number of hydrogen-bond acceptors (Lipinski definition) is 4. The summed E-state index contributed by atoms with van der Waals surface area (Å²) in [5.74, 6) is 2.33. The van der Waals surface area contributed by atoms with E-state index in [-0.39, 0.29) is 0 Å². The SMILES string of the molecule is CCn1c(N2CCS(=O)CC2)n[nH]c1=S. The summed E-state index contributed by atoms with van der Waals surface area (Å²) in [7, 11) is -0.651. The van der Waals surface area contributed by atoms with Crippen LogP contribution in [0.4, 0.5) is 5.95 Å². The van der Waals surface area contributed by atoms with Crippen molar-refractivity contribution in [2.24, 2.45) is 0 Å². The lowest BCUT2D eigenvalue weighted by atomic mass is 10.5. The molecule has 7 heteroatoms. The average molecular weight is 246 g/mol. The molecule has 0 bridgehead atoms. The highest BCUT2D eigenvalue weighted by molar-refractivity contribution is 7.85. The fraction of sp³-hybridized carbons (Fsp3) is 0.750. The average Bonchev–Trinajstić information content (AvgIpc) is 2.61. The van der Waals surface area contributed by atoms with Gasteiger partial charge in [-0.05, 0) is 19.1 Å². The lowest BCUT2D eigenvalue weighted by Gasteiger charge is -2.26. The molecule has 0 aromatic carbocycles. The summed E-state index contributed by atoms with van der Waals surface area (Å²) in [5.41, 5.74) is 0. The Morgan fingerprint density at radius 1 is 1.53 bits per heavy atom. The van der Waals surface area contributed by atoms with E-state index in [1.54, 1.807) is 0 Å². The maximum absolute atomic E-state index is 11.2. The summed E-state index contributed by atoms with van der Waals surface area (Å²) in [6, 6.07) is 0. The van der Waals surface area contributed by atoms with Gasteiger partial charge >= 0.3 is 0 Å². The van der Waals surface area contributed by atoms with Crippen molar-refractivity contribution >= 4 is 29.0 Å². The van der Waals surface area contributed by atoms with E-state index in [9.17, 15) is 4.21 Å². The van der Waals surface area contributed by atoms with Crippen molar-refractivity contribution in [2.75, 3.05) is 29.5 Å². The molecule has 2 rings (SSSR count). The molecule has 1 saturated heterocycles. The molecule has 0 unspecified atom stereocenters. The van der Waals surface area contributed by atoms with Gasteiger partial charge in [0, 0.05) is 41.9 Å². The zero-order valence-electron chi connectivity index (χ0n) is 8.60. The first-order chi connectivity index (χ1) is 7.22. The molecule has 1 aromatic rings. The van der Waals surface area contributed by atoms with E-state index in [1.165, 1.54) is 0 Å². The van der Waals surface area contributed by atoms with Crippen LogP contribution < -0.4 is 4.90 Å². The Kier molecular flexibility index (Phi) is 3.20. The molecule has 1 fully saturated rings. The highest BCUT2D eigenvalue weighted by Gasteiger charge is 2.19. The second kappa shape index (κ2) is 4.44. The Bertz CT molecular complexity index is 415. The number of anilines is 1. The largest absolute Gasteiger partial charge is 0.339 e. The zero-order chi connectivity index (χ0) is 10.8. The minimum absolute atomic E-state index is 0.651. The van der Waals surface area contributed by atoms with E-state index in [4.69, 9.17) is 12.2 Å².